The van der Waals surface area contributed by atoms with Crippen molar-refractivity contribution in [3.05, 3.63) is 59.9 Å². The number of ether oxygens (including phenoxy) is 1. The second-order valence-corrected chi connectivity index (χ2v) is 5.50. The first-order valence-electron chi connectivity index (χ1n) is 7.73. The van der Waals surface area contributed by atoms with E-state index < -0.39 is 17.6 Å². The second-order valence-electron chi connectivity index (χ2n) is 5.50. The molecule has 8 nitrogen and oxygen atoms in total. The Hall–Kier alpha value is -3.89. The van der Waals surface area contributed by atoms with Gasteiger partial charge in [-0.1, -0.05) is 0 Å². The molecule has 0 fully saturated rings. The standard InChI is InChI=1S/C17H13F3N6O2/c18-17(19,20)9-1-6-14(23-8-9)28-11-4-2-10(3-5-11)24-16-25-12(15(22)27)7-13(21)26-16/h1-8H,(H2,22,27)(H3,21,24,25,26). The first-order valence-corrected chi connectivity index (χ1v) is 7.73. The van der Waals surface area contributed by atoms with E-state index in [0.717, 1.165) is 12.1 Å². The van der Waals surface area contributed by atoms with Gasteiger partial charge < -0.3 is 21.5 Å². The molecule has 28 heavy (non-hydrogen) atoms. The van der Waals surface area contributed by atoms with Crippen LogP contribution in [0.25, 0.3) is 0 Å². The van der Waals surface area contributed by atoms with E-state index in [9.17, 15) is 18.0 Å². The lowest BCUT2D eigenvalue weighted by molar-refractivity contribution is -0.137. The number of amides is 1. The van der Waals surface area contributed by atoms with Gasteiger partial charge in [-0.25, -0.2) is 9.97 Å². The first-order chi connectivity index (χ1) is 13.2. The average Bonchev–Trinajstić information content (AvgIpc) is 2.62. The van der Waals surface area contributed by atoms with Crippen molar-refractivity contribution in [3.8, 4) is 11.6 Å². The SMILES string of the molecule is NC(=O)c1cc(N)nc(Nc2ccc(Oc3ccc(C(F)(F)F)cn3)cc2)n1. The lowest BCUT2D eigenvalue weighted by atomic mass is 10.3. The lowest BCUT2D eigenvalue weighted by Gasteiger charge is -2.09. The van der Waals surface area contributed by atoms with Crippen molar-refractivity contribution in [1.29, 1.82) is 0 Å². The third-order valence-corrected chi connectivity index (χ3v) is 3.39. The number of rotatable bonds is 5. The molecule has 0 aliphatic carbocycles. The summed E-state index contributed by atoms with van der Waals surface area (Å²) in [4.78, 5) is 22.7. The minimum absolute atomic E-state index is 0.0129. The number of nitrogens with one attached hydrogen (secondary N) is 1. The topological polar surface area (TPSA) is 129 Å². The molecular formula is C17H13F3N6O2. The summed E-state index contributed by atoms with van der Waals surface area (Å²) in [6.07, 6.45) is -3.77. The maximum atomic E-state index is 12.5. The van der Waals surface area contributed by atoms with E-state index in [1.807, 2.05) is 0 Å². The molecule has 0 spiro atoms. The van der Waals surface area contributed by atoms with Gasteiger partial charge in [0.15, 0.2) is 0 Å². The molecule has 1 amide bonds. The second kappa shape index (κ2) is 7.39. The van der Waals surface area contributed by atoms with Crippen LogP contribution in [0, 0.1) is 0 Å². The molecular weight excluding hydrogens is 377 g/mol. The molecule has 0 atom stereocenters. The van der Waals surface area contributed by atoms with Crippen LogP contribution in [0.5, 0.6) is 11.6 Å². The van der Waals surface area contributed by atoms with E-state index in [1.54, 1.807) is 24.3 Å². The van der Waals surface area contributed by atoms with Crippen molar-refractivity contribution in [3.63, 3.8) is 0 Å². The Labute approximate surface area is 156 Å². The molecule has 0 aliphatic rings. The van der Waals surface area contributed by atoms with E-state index in [1.165, 1.54) is 6.07 Å². The summed E-state index contributed by atoms with van der Waals surface area (Å²) in [7, 11) is 0. The summed E-state index contributed by atoms with van der Waals surface area (Å²) in [6.45, 7) is 0. The zero-order chi connectivity index (χ0) is 20.3. The number of alkyl halides is 3. The van der Waals surface area contributed by atoms with Crippen molar-refractivity contribution >= 4 is 23.4 Å². The highest BCUT2D eigenvalue weighted by atomic mass is 19.4. The molecule has 11 heteroatoms. The molecule has 0 saturated heterocycles. The lowest BCUT2D eigenvalue weighted by Crippen LogP contribution is -2.15. The predicted molar refractivity (Wildman–Crippen MR) is 94.0 cm³/mol. The number of pyridine rings is 1. The molecule has 2 aromatic heterocycles. The predicted octanol–water partition coefficient (Wildman–Crippen LogP) is 3.11. The Balaban J connectivity index is 1.69. The molecule has 3 rings (SSSR count). The maximum Gasteiger partial charge on any atom is 0.417 e. The fraction of sp³-hybridized carbons (Fsp3) is 0.0588. The molecule has 2 heterocycles. The van der Waals surface area contributed by atoms with E-state index in [2.05, 4.69) is 20.3 Å². The van der Waals surface area contributed by atoms with Crippen molar-refractivity contribution in [2.75, 3.05) is 11.1 Å². The Morgan fingerprint density at radius 1 is 1.07 bits per heavy atom. The third-order valence-electron chi connectivity index (χ3n) is 3.39. The number of hydrogen-bond donors (Lipinski definition) is 3. The van der Waals surface area contributed by atoms with Crippen LogP contribution >= 0.6 is 0 Å². The van der Waals surface area contributed by atoms with Crippen LogP contribution in [0.15, 0.2) is 48.7 Å². The van der Waals surface area contributed by atoms with Gasteiger partial charge in [-0.05, 0) is 30.3 Å². The number of carbonyl (C=O) groups is 1. The third kappa shape index (κ3) is 4.63. The van der Waals surface area contributed by atoms with Crippen LogP contribution in [-0.2, 0) is 6.18 Å². The molecule has 1 aromatic carbocycles. The number of nitrogens with two attached hydrogens (primary N) is 2. The smallest absolute Gasteiger partial charge is 0.417 e. The fourth-order valence-electron chi connectivity index (χ4n) is 2.11. The molecule has 5 N–H and O–H groups in total. The Bertz CT molecular complexity index is 991. The number of nitrogens with zero attached hydrogens (tertiary/aromatic N) is 3. The Morgan fingerprint density at radius 3 is 2.36 bits per heavy atom. The van der Waals surface area contributed by atoms with Gasteiger partial charge in [0.25, 0.3) is 5.91 Å². The first kappa shape index (κ1) is 18.9. The zero-order valence-corrected chi connectivity index (χ0v) is 14.1. The van der Waals surface area contributed by atoms with Gasteiger partial charge in [0.2, 0.25) is 11.8 Å². The highest BCUT2D eigenvalue weighted by Gasteiger charge is 2.30. The van der Waals surface area contributed by atoms with Gasteiger partial charge in [0, 0.05) is 24.0 Å². The summed E-state index contributed by atoms with van der Waals surface area (Å²) in [5, 5.41) is 2.85. The molecule has 0 radical (unpaired) electrons. The minimum atomic E-state index is -4.46. The average molecular weight is 390 g/mol. The summed E-state index contributed by atoms with van der Waals surface area (Å²) in [6, 6.07) is 9.59. The van der Waals surface area contributed by atoms with E-state index >= 15 is 0 Å². The van der Waals surface area contributed by atoms with Crippen LogP contribution in [0.1, 0.15) is 16.1 Å². The number of halogens is 3. The normalized spacial score (nSPS) is 11.1. The molecule has 0 unspecified atom stereocenters. The molecule has 0 aliphatic heterocycles. The van der Waals surface area contributed by atoms with Gasteiger partial charge in [0.05, 0.1) is 5.56 Å². The van der Waals surface area contributed by atoms with Crippen LogP contribution in [0.4, 0.5) is 30.6 Å². The maximum absolute atomic E-state index is 12.5. The van der Waals surface area contributed by atoms with Gasteiger partial charge in [-0.2, -0.15) is 18.2 Å². The van der Waals surface area contributed by atoms with E-state index in [4.69, 9.17) is 16.2 Å². The fourth-order valence-corrected chi connectivity index (χ4v) is 2.11. The van der Waals surface area contributed by atoms with Crippen molar-refractivity contribution in [2.45, 2.75) is 6.18 Å². The van der Waals surface area contributed by atoms with Crippen molar-refractivity contribution in [2.24, 2.45) is 5.73 Å². The van der Waals surface area contributed by atoms with Crippen LogP contribution in [0.3, 0.4) is 0 Å². The highest BCUT2D eigenvalue weighted by Crippen LogP contribution is 2.30. The summed E-state index contributed by atoms with van der Waals surface area (Å²) >= 11 is 0. The van der Waals surface area contributed by atoms with Gasteiger partial charge >= 0.3 is 6.18 Å². The van der Waals surface area contributed by atoms with Gasteiger partial charge in [-0.15, -0.1) is 0 Å². The van der Waals surface area contributed by atoms with E-state index in [-0.39, 0.29) is 23.3 Å². The van der Waals surface area contributed by atoms with Crippen LogP contribution in [-0.4, -0.2) is 20.9 Å². The van der Waals surface area contributed by atoms with Gasteiger partial charge in [0.1, 0.15) is 17.3 Å². The molecule has 3 aromatic rings. The number of aromatic nitrogens is 3. The van der Waals surface area contributed by atoms with Crippen molar-refractivity contribution in [1.82, 2.24) is 15.0 Å². The number of anilines is 3. The highest BCUT2D eigenvalue weighted by molar-refractivity contribution is 5.91. The minimum Gasteiger partial charge on any atom is -0.439 e. The van der Waals surface area contributed by atoms with E-state index in [0.29, 0.717) is 17.6 Å². The Morgan fingerprint density at radius 2 is 1.79 bits per heavy atom. The Kier molecular flexibility index (Phi) is 4.98. The number of nitrogen functional groups attached to an aromatic ring is 1. The summed E-state index contributed by atoms with van der Waals surface area (Å²) < 4.78 is 43.0. The van der Waals surface area contributed by atoms with Crippen LogP contribution in [0.2, 0.25) is 0 Å². The zero-order valence-electron chi connectivity index (χ0n) is 14.1. The quantitative estimate of drug-likeness (QED) is 0.610. The largest absolute Gasteiger partial charge is 0.439 e. The molecule has 144 valence electrons. The number of hydrogen-bond acceptors (Lipinski definition) is 7. The number of carbonyl (C=O) groups excluding carboxylic acids is 1. The number of primary amides is 1. The summed E-state index contributed by atoms with van der Waals surface area (Å²) in [5.74, 6) is -0.237. The molecule has 0 saturated carbocycles. The monoisotopic (exact) mass is 390 g/mol. The summed E-state index contributed by atoms with van der Waals surface area (Å²) in [5.41, 5.74) is 10.4. The van der Waals surface area contributed by atoms with Crippen molar-refractivity contribution < 1.29 is 22.7 Å². The molecule has 0 bridgehead atoms. The van der Waals surface area contributed by atoms with Crippen LogP contribution < -0.4 is 21.5 Å². The number of benzene rings is 1. The van der Waals surface area contributed by atoms with Gasteiger partial charge in [-0.3, -0.25) is 4.79 Å².